The Kier molecular flexibility index (Phi) is 7.48. The number of fused-ring (bicyclic) bond motifs is 1. The van der Waals surface area contributed by atoms with Gasteiger partial charge in [-0.25, -0.2) is 9.78 Å². The van der Waals surface area contributed by atoms with Crippen molar-refractivity contribution in [3.8, 4) is 0 Å². The number of nitrogens with zero attached hydrogens (tertiary/aromatic N) is 2. The molecule has 4 aromatic rings. The topological polar surface area (TPSA) is 188 Å². The minimum absolute atomic E-state index is 0.0239. The van der Waals surface area contributed by atoms with E-state index in [2.05, 4.69) is 20.9 Å². The van der Waals surface area contributed by atoms with Crippen molar-refractivity contribution in [3.05, 3.63) is 118 Å². The van der Waals surface area contributed by atoms with Crippen molar-refractivity contribution in [2.75, 3.05) is 0 Å². The number of aliphatic hydroxyl groups is 1. The van der Waals surface area contributed by atoms with Gasteiger partial charge in [0.05, 0.1) is 11.3 Å². The lowest BCUT2D eigenvalue weighted by molar-refractivity contribution is -0.124. The molecule has 1 aliphatic carbocycles. The molecule has 0 aliphatic heterocycles. The molecular formula is C29H26N6O6. The molecule has 2 aromatic heterocycles. The first kappa shape index (κ1) is 27.1. The molecule has 0 saturated heterocycles. The van der Waals surface area contributed by atoms with Gasteiger partial charge in [-0.05, 0) is 47.0 Å². The molecule has 12 nitrogen and oxygen atoms in total. The Balaban J connectivity index is 1.23. The van der Waals surface area contributed by atoms with Gasteiger partial charge in [0.2, 0.25) is 5.78 Å². The molecule has 5 rings (SSSR count). The van der Waals surface area contributed by atoms with Gasteiger partial charge in [-0.2, -0.15) is 0 Å². The number of carboxylic acid groups (broad SMARTS) is 1. The summed E-state index contributed by atoms with van der Waals surface area (Å²) in [6.07, 6.45) is 0.447. The van der Waals surface area contributed by atoms with Gasteiger partial charge in [-0.3, -0.25) is 18.8 Å². The highest BCUT2D eigenvalue weighted by atomic mass is 16.4. The van der Waals surface area contributed by atoms with Gasteiger partial charge >= 0.3 is 5.97 Å². The van der Waals surface area contributed by atoms with E-state index in [1.807, 2.05) is 24.3 Å². The Morgan fingerprint density at radius 1 is 0.878 bits per heavy atom. The summed E-state index contributed by atoms with van der Waals surface area (Å²) in [5, 5.41) is 27.3. The second-order valence-corrected chi connectivity index (χ2v) is 9.40. The summed E-state index contributed by atoms with van der Waals surface area (Å²) in [5.74, 6) is -2.43. The van der Waals surface area contributed by atoms with Crippen LogP contribution in [0.15, 0.2) is 84.3 Å². The predicted octanol–water partition coefficient (Wildman–Crippen LogP) is 1.10. The summed E-state index contributed by atoms with van der Waals surface area (Å²) in [6, 6.07) is 18.4. The van der Waals surface area contributed by atoms with Gasteiger partial charge in [-0.15, -0.1) is 0 Å². The van der Waals surface area contributed by atoms with Crippen molar-refractivity contribution >= 4 is 29.2 Å². The molecule has 7 N–H and O–H groups in total. The zero-order valence-electron chi connectivity index (χ0n) is 21.6. The number of aromatic nitrogens is 2. The first-order valence-electron chi connectivity index (χ1n) is 12.6. The summed E-state index contributed by atoms with van der Waals surface area (Å²) >= 11 is 0. The quantitative estimate of drug-likeness (QED) is 0.167. The average molecular weight is 555 g/mol. The maximum atomic E-state index is 13.1. The molecule has 2 heterocycles. The zero-order chi connectivity index (χ0) is 29.1. The third-order valence-electron chi connectivity index (χ3n) is 6.62. The molecule has 0 fully saturated rings. The number of rotatable bonds is 10. The van der Waals surface area contributed by atoms with E-state index in [0.717, 1.165) is 11.1 Å². The van der Waals surface area contributed by atoms with E-state index in [0.29, 0.717) is 23.5 Å². The summed E-state index contributed by atoms with van der Waals surface area (Å²) < 4.78 is 1.57. The van der Waals surface area contributed by atoms with E-state index >= 15 is 0 Å². The lowest BCUT2D eigenvalue weighted by Gasteiger charge is -2.26. The molecule has 0 bridgehead atoms. The Bertz CT molecular complexity index is 1710. The number of amides is 2. The molecule has 12 heteroatoms. The second-order valence-electron chi connectivity index (χ2n) is 9.40. The predicted molar refractivity (Wildman–Crippen MR) is 146 cm³/mol. The molecule has 2 amide bonds. The molecular weight excluding hydrogens is 528 g/mol. The normalized spacial score (nSPS) is 14.5. The van der Waals surface area contributed by atoms with Crippen LogP contribution in [0.1, 0.15) is 48.0 Å². The van der Waals surface area contributed by atoms with Crippen molar-refractivity contribution < 1.29 is 29.4 Å². The first-order chi connectivity index (χ1) is 19.7. The third-order valence-corrected chi connectivity index (χ3v) is 6.62. The number of Topliss-reactive ketones (excluding diaryl/α,β-unsaturated/α-hetero) is 1. The van der Waals surface area contributed by atoms with Crippen LogP contribution >= 0.6 is 0 Å². The molecule has 208 valence electrons. The Hall–Kier alpha value is -5.49. The van der Waals surface area contributed by atoms with Crippen molar-refractivity contribution in [1.29, 1.82) is 0 Å². The van der Waals surface area contributed by atoms with Gasteiger partial charge in [0, 0.05) is 25.8 Å². The van der Waals surface area contributed by atoms with Crippen molar-refractivity contribution in [3.63, 3.8) is 0 Å². The smallest absolute Gasteiger partial charge is 0.335 e. The molecule has 41 heavy (non-hydrogen) atoms. The van der Waals surface area contributed by atoms with Crippen LogP contribution in [0.25, 0.3) is 5.65 Å². The first-order valence-corrected chi connectivity index (χ1v) is 12.6. The van der Waals surface area contributed by atoms with E-state index in [1.165, 1.54) is 18.2 Å². The number of benzene rings is 2. The van der Waals surface area contributed by atoms with E-state index in [4.69, 9.17) is 10.8 Å². The van der Waals surface area contributed by atoms with Gasteiger partial charge in [-0.1, -0.05) is 36.4 Å². The second kappa shape index (κ2) is 11.3. The minimum atomic E-state index is -1.22. The van der Waals surface area contributed by atoms with Gasteiger partial charge in [0.15, 0.2) is 6.10 Å². The Morgan fingerprint density at radius 2 is 1.56 bits per heavy atom. The molecule has 2 aromatic carbocycles. The average Bonchev–Trinajstić information content (AvgIpc) is 3.47. The van der Waals surface area contributed by atoms with Crippen LogP contribution in [0.3, 0.4) is 0 Å². The number of aliphatic hydroxyl groups excluding tert-OH is 1. The maximum absolute atomic E-state index is 13.1. The van der Waals surface area contributed by atoms with Gasteiger partial charge in [0.25, 0.3) is 11.8 Å². The highest BCUT2D eigenvalue weighted by molar-refractivity contribution is 6.07. The number of ketones is 1. The van der Waals surface area contributed by atoms with Crippen LogP contribution in [0, 0.1) is 0 Å². The van der Waals surface area contributed by atoms with Crippen molar-refractivity contribution in [1.82, 2.24) is 25.3 Å². The van der Waals surface area contributed by atoms with E-state index in [1.54, 1.807) is 34.9 Å². The lowest BCUT2D eigenvalue weighted by atomic mass is 9.95. The maximum Gasteiger partial charge on any atom is 0.335 e. The number of carbonyl (C=O) groups excluding carboxylic acids is 3. The van der Waals surface area contributed by atoms with Crippen LogP contribution in [0.5, 0.6) is 0 Å². The number of aromatic carboxylic acids is 1. The molecule has 0 saturated carbocycles. The number of carboxylic acids is 1. The SMILES string of the molecule is NC1=C(NCc2cccc(CNC(=O)c3cc(C(=O)NCc4ccc(C(=O)O)cc4)n4cccc4n3)c2)C(O)C1=O. The molecule has 1 atom stereocenters. The van der Waals surface area contributed by atoms with Crippen LogP contribution in [-0.4, -0.2) is 49.3 Å². The van der Waals surface area contributed by atoms with E-state index in [-0.39, 0.29) is 35.7 Å². The number of nitrogens with two attached hydrogens (primary N) is 1. The number of carbonyl (C=O) groups is 4. The number of hydrogen-bond acceptors (Lipinski definition) is 8. The van der Waals surface area contributed by atoms with Gasteiger partial charge < -0.3 is 31.9 Å². The summed E-state index contributed by atoms with van der Waals surface area (Å²) in [6.45, 7) is 0.687. The molecule has 1 aliphatic rings. The highest BCUT2D eigenvalue weighted by Gasteiger charge is 2.35. The summed E-state index contributed by atoms with van der Waals surface area (Å²) in [7, 11) is 0. The fraction of sp³-hybridized carbons (Fsp3) is 0.138. The van der Waals surface area contributed by atoms with Gasteiger partial charge in [0.1, 0.15) is 22.7 Å². The van der Waals surface area contributed by atoms with Crippen molar-refractivity contribution in [2.24, 2.45) is 5.73 Å². The molecule has 1 unspecified atom stereocenters. The van der Waals surface area contributed by atoms with E-state index < -0.39 is 29.7 Å². The number of nitrogens with one attached hydrogen (secondary N) is 3. The van der Waals surface area contributed by atoms with Crippen molar-refractivity contribution in [2.45, 2.75) is 25.7 Å². The summed E-state index contributed by atoms with van der Waals surface area (Å²) in [4.78, 5) is 52.9. The zero-order valence-corrected chi connectivity index (χ0v) is 21.6. The molecule has 0 spiro atoms. The minimum Gasteiger partial charge on any atom is -0.478 e. The fourth-order valence-corrected chi connectivity index (χ4v) is 4.34. The molecule has 0 radical (unpaired) electrons. The van der Waals surface area contributed by atoms with Crippen LogP contribution in [0.2, 0.25) is 0 Å². The van der Waals surface area contributed by atoms with E-state index in [9.17, 15) is 24.3 Å². The third kappa shape index (κ3) is 5.77. The lowest BCUT2D eigenvalue weighted by Crippen LogP contribution is -2.46. The summed E-state index contributed by atoms with van der Waals surface area (Å²) in [5.41, 5.74) is 9.17. The highest BCUT2D eigenvalue weighted by Crippen LogP contribution is 2.19. The van der Waals surface area contributed by atoms with Crippen LogP contribution < -0.4 is 21.7 Å². The Labute approximate surface area is 233 Å². The fourth-order valence-electron chi connectivity index (χ4n) is 4.34. The largest absolute Gasteiger partial charge is 0.478 e. The monoisotopic (exact) mass is 554 g/mol. The van der Waals surface area contributed by atoms with Crippen LogP contribution in [0.4, 0.5) is 0 Å². The Morgan fingerprint density at radius 3 is 2.27 bits per heavy atom. The number of hydrogen-bond donors (Lipinski definition) is 6. The van der Waals surface area contributed by atoms with Crippen LogP contribution in [-0.2, 0) is 24.4 Å². The standard InChI is InChI=1S/C29H26N6O6/c30-23-24(26(37)25(23)36)31-14-17-3-1-4-18(11-17)15-32-27(38)20-12-21(35-10-2-5-22(35)34-20)28(39)33-13-16-6-8-19(9-7-16)29(40)41/h1-12,26,31,37H,13-15,30H2,(H,32,38)(H,33,39)(H,40,41).